The SMILES string of the molecule is C=CCc1cc(OCc2ccccc2)cc(CC=C)c1O. The van der Waals surface area contributed by atoms with Gasteiger partial charge in [-0.15, -0.1) is 13.2 Å². The lowest BCUT2D eigenvalue weighted by Crippen LogP contribution is -1.98. The van der Waals surface area contributed by atoms with E-state index in [2.05, 4.69) is 13.2 Å². The maximum Gasteiger partial charge on any atom is 0.122 e. The Morgan fingerprint density at radius 1 is 0.952 bits per heavy atom. The molecule has 2 aromatic rings. The highest BCUT2D eigenvalue weighted by molar-refractivity contribution is 5.48. The van der Waals surface area contributed by atoms with Crippen LogP contribution in [0.2, 0.25) is 0 Å². The monoisotopic (exact) mass is 280 g/mol. The molecule has 0 spiro atoms. The van der Waals surface area contributed by atoms with E-state index in [-0.39, 0.29) is 0 Å². The Bertz CT molecular complexity index is 584. The molecule has 0 radical (unpaired) electrons. The molecular weight excluding hydrogens is 260 g/mol. The normalized spacial score (nSPS) is 10.1. The van der Waals surface area contributed by atoms with Gasteiger partial charge in [-0.25, -0.2) is 0 Å². The average molecular weight is 280 g/mol. The van der Waals surface area contributed by atoms with Crippen LogP contribution >= 0.6 is 0 Å². The number of allylic oxidation sites excluding steroid dienone is 2. The van der Waals surface area contributed by atoms with Crippen molar-refractivity contribution in [1.29, 1.82) is 0 Å². The third-order valence-electron chi connectivity index (χ3n) is 3.22. The molecular formula is C19H20O2. The van der Waals surface area contributed by atoms with Gasteiger partial charge in [0, 0.05) is 11.1 Å². The average Bonchev–Trinajstić information content (AvgIpc) is 2.51. The van der Waals surface area contributed by atoms with E-state index < -0.39 is 0 Å². The fraction of sp³-hybridized carbons (Fsp3) is 0.158. The van der Waals surface area contributed by atoms with Crippen molar-refractivity contribution in [1.82, 2.24) is 0 Å². The maximum atomic E-state index is 10.2. The van der Waals surface area contributed by atoms with Gasteiger partial charge in [0.15, 0.2) is 0 Å². The van der Waals surface area contributed by atoms with Gasteiger partial charge in [-0.1, -0.05) is 42.5 Å². The molecule has 0 atom stereocenters. The van der Waals surface area contributed by atoms with Crippen molar-refractivity contribution in [3.8, 4) is 11.5 Å². The minimum atomic E-state index is 0.307. The molecule has 2 rings (SSSR count). The summed E-state index contributed by atoms with van der Waals surface area (Å²) in [5.41, 5.74) is 2.76. The van der Waals surface area contributed by atoms with Crippen LogP contribution in [0, 0.1) is 0 Å². The Labute approximate surface area is 126 Å². The second-order valence-corrected chi connectivity index (χ2v) is 4.85. The zero-order valence-electron chi connectivity index (χ0n) is 12.1. The zero-order valence-corrected chi connectivity index (χ0v) is 12.1. The summed E-state index contributed by atoms with van der Waals surface area (Å²) >= 11 is 0. The first kappa shape index (κ1) is 14.9. The van der Waals surface area contributed by atoms with Crippen LogP contribution in [0.15, 0.2) is 67.8 Å². The molecule has 0 aliphatic heterocycles. The van der Waals surface area contributed by atoms with Gasteiger partial charge in [-0.05, 0) is 30.5 Å². The molecule has 21 heavy (non-hydrogen) atoms. The van der Waals surface area contributed by atoms with E-state index in [1.165, 1.54) is 0 Å². The summed E-state index contributed by atoms with van der Waals surface area (Å²) in [7, 11) is 0. The van der Waals surface area contributed by atoms with Gasteiger partial charge >= 0.3 is 0 Å². The van der Waals surface area contributed by atoms with Crippen LogP contribution < -0.4 is 4.74 Å². The second-order valence-electron chi connectivity index (χ2n) is 4.85. The van der Waals surface area contributed by atoms with E-state index >= 15 is 0 Å². The minimum Gasteiger partial charge on any atom is -0.507 e. The fourth-order valence-electron chi connectivity index (χ4n) is 2.17. The molecule has 108 valence electrons. The third kappa shape index (κ3) is 3.99. The first-order chi connectivity index (χ1) is 10.2. The molecule has 1 N–H and O–H groups in total. The first-order valence-corrected chi connectivity index (χ1v) is 6.98. The molecule has 0 saturated heterocycles. The van der Waals surface area contributed by atoms with Crippen molar-refractivity contribution in [3.63, 3.8) is 0 Å². The number of phenols is 1. The Balaban J connectivity index is 2.21. The van der Waals surface area contributed by atoms with Crippen LogP contribution in [-0.4, -0.2) is 5.11 Å². The van der Waals surface area contributed by atoms with Gasteiger partial charge in [-0.2, -0.15) is 0 Å². The number of ether oxygens (including phenoxy) is 1. The van der Waals surface area contributed by atoms with E-state index in [1.54, 1.807) is 12.2 Å². The lowest BCUT2D eigenvalue weighted by molar-refractivity contribution is 0.305. The summed E-state index contributed by atoms with van der Waals surface area (Å²) in [5, 5.41) is 10.2. The Kier molecular flexibility index (Phi) is 5.22. The highest BCUT2D eigenvalue weighted by Crippen LogP contribution is 2.30. The number of benzene rings is 2. The molecule has 0 fully saturated rings. The predicted molar refractivity (Wildman–Crippen MR) is 86.7 cm³/mol. The largest absolute Gasteiger partial charge is 0.507 e. The zero-order chi connectivity index (χ0) is 15.1. The number of hydrogen-bond donors (Lipinski definition) is 1. The van der Waals surface area contributed by atoms with Crippen LogP contribution in [0.1, 0.15) is 16.7 Å². The van der Waals surface area contributed by atoms with E-state index in [9.17, 15) is 5.11 Å². The van der Waals surface area contributed by atoms with E-state index in [0.29, 0.717) is 25.2 Å². The molecule has 0 amide bonds. The van der Waals surface area contributed by atoms with Gasteiger partial charge in [0.1, 0.15) is 18.1 Å². The first-order valence-electron chi connectivity index (χ1n) is 6.98. The third-order valence-corrected chi connectivity index (χ3v) is 3.22. The standard InChI is InChI=1S/C19H20O2/c1-3-8-16-12-18(13-17(9-4-2)19(16)20)21-14-15-10-6-5-7-11-15/h3-7,10-13,20H,1-2,8-9,14H2. The van der Waals surface area contributed by atoms with E-state index in [0.717, 1.165) is 22.4 Å². The maximum absolute atomic E-state index is 10.2. The van der Waals surface area contributed by atoms with Crippen LogP contribution in [0.25, 0.3) is 0 Å². The van der Waals surface area contributed by atoms with Crippen molar-refractivity contribution in [2.45, 2.75) is 19.4 Å². The highest BCUT2D eigenvalue weighted by Gasteiger charge is 2.09. The van der Waals surface area contributed by atoms with Crippen LogP contribution in [0.4, 0.5) is 0 Å². The molecule has 0 unspecified atom stereocenters. The number of hydrogen-bond acceptors (Lipinski definition) is 2. The van der Waals surface area contributed by atoms with Gasteiger partial charge in [0.05, 0.1) is 0 Å². The van der Waals surface area contributed by atoms with Gasteiger partial charge in [0.2, 0.25) is 0 Å². The number of aromatic hydroxyl groups is 1. The smallest absolute Gasteiger partial charge is 0.122 e. The minimum absolute atomic E-state index is 0.307. The number of phenolic OH excluding ortho intramolecular Hbond substituents is 1. The Morgan fingerprint density at radius 2 is 1.52 bits per heavy atom. The summed E-state index contributed by atoms with van der Waals surface area (Å²) in [6.45, 7) is 7.95. The lowest BCUT2D eigenvalue weighted by atomic mass is 10.0. The van der Waals surface area contributed by atoms with Gasteiger partial charge < -0.3 is 9.84 Å². The molecule has 0 aliphatic carbocycles. The van der Waals surface area contributed by atoms with Crippen molar-refractivity contribution in [2.75, 3.05) is 0 Å². The topological polar surface area (TPSA) is 29.5 Å². The summed E-state index contributed by atoms with van der Waals surface area (Å²) in [5.74, 6) is 1.06. The molecule has 0 aliphatic rings. The molecule has 2 aromatic carbocycles. The van der Waals surface area contributed by atoms with E-state index in [1.807, 2.05) is 42.5 Å². The second kappa shape index (κ2) is 7.34. The number of rotatable bonds is 7. The van der Waals surface area contributed by atoms with Gasteiger partial charge in [-0.3, -0.25) is 0 Å². The highest BCUT2D eigenvalue weighted by atomic mass is 16.5. The van der Waals surface area contributed by atoms with Crippen LogP contribution in [0.5, 0.6) is 11.5 Å². The summed E-state index contributed by atoms with van der Waals surface area (Å²) < 4.78 is 5.84. The van der Waals surface area contributed by atoms with E-state index in [4.69, 9.17) is 4.74 Å². The predicted octanol–water partition coefficient (Wildman–Crippen LogP) is 4.43. The molecule has 0 heterocycles. The Hall–Kier alpha value is -2.48. The molecule has 0 bridgehead atoms. The van der Waals surface area contributed by atoms with Crippen molar-refractivity contribution in [3.05, 3.63) is 84.5 Å². The van der Waals surface area contributed by atoms with Crippen LogP contribution in [0.3, 0.4) is 0 Å². The summed E-state index contributed by atoms with van der Waals surface area (Å²) in [6.07, 6.45) is 4.76. The van der Waals surface area contributed by atoms with Crippen LogP contribution in [-0.2, 0) is 19.4 Å². The summed E-state index contributed by atoms with van der Waals surface area (Å²) in [6, 6.07) is 13.7. The quantitative estimate of drug-likeness (QED) is 0.760. The Morgan fingerprint density at radius 3 is 2.05 bits per heavy atom. The molecule has 2 nitrogen and oxygen atoms in total. The molecule has 0 aromatic heterocycles. The van der Waals surface area contributed by atoms with Gasteiger partial charge in [0.25, 0.3) is 0 Å². The van der Waals surface area contributed by atoms with Crippen molar-refractivity contribution < 1.29 is 9.84 Å². The molecule has 2 heteroatoms. The van der Waals surface area contributed by atoms with Crippen molar-refractivity contribution >= 4 is 0 Å². The fourth-order valence-corrected chi connectivity index (χ4v) is 2.17. The lowest BCUT2D eigenvalue weighted by Gasteiger charge is -2.12. The summed E-state index contributed by atoms with van der Waals surface area (Å²) in [4.78, 5) is 0. The molecule has 0 saturated carbocycles. The van der Waals surface area contributed by atoms with Crippen molar-refractivity contribution in [2.24, 2.45) is 0 Å².